The van der Waals surface area contributed by atoms with Crippen LogP contribution in [0.1, 0.15) is 30.0 Å². The van der Waals surface area contributed by atoms with Crippen molar-refractivity contribution in [2.45, 2.75) is 18.8 Å². The number of fused-ring (bicyclic) bond motifs is 2. The molecule has 0 amide bonds. The van der Waals surface area contributed by atoms with E-state index in [1.165, 1.54) is 18.4 Å². The van der Waals surface area contributed by atoms with Crippen LogP contribution in [-0.4, -0.2) is 16.3 Å². The van der Waals surface area contributed by atoms with Gasteiger partial charge in [-0.2, -0.15) is 5.10 Å². The Bertz CT molecular complexity index is 517. The third-order valence-corrected chi connectivity index (χ3v) is 3.90. The van der Waals surface area contributed by atoms with Crippen molar-refractivity contribution in [2.24, 2.45) is 22.7 Å². The van der Waals surface area contributed by atoms with E-state index in [-0.39, 0.29) is 5.11 Å². The van der Waals surface area contributed by atoms with E-state index in [0.29, 0.717) is 5.92 Å². The first kappa shape index (κ1) is 11.5. The lowest BCUT2D eigenvalue weighted by Gasteiger charge is -2.16. The zero-order valence-corrected chi connectivity index (χ0v) is 10.8. The van der Waals surface area contributed by atoms with Gasteiger partial charge in [-0.05, 0) is 54.4 Å². The van der Waals surface area contributed by atoms with Crippen LogP contribution in [0.2, 0.25) is 0 Å². The summed E-state index contributed by atoms with van der Waals surface area (Å²) in [5.74, 6) is 2.19. The molecule has 1 saturated carbocycles. The number of hydrogen-bond donors (Lipinski definition) is 3. The number of nitrogens with two attached hydrogens (primary N) is 1. The van der Waals surface area contributed by atoms with Crippen molar-refractivity contribution in [3.63, 3.8) is 0 Å². The normalized spacial score (nSPS) is 29.2. The fourth-order valence-corrected chi connectivity index (χ4v) is 3.10. The maximum Gasteiger partial charge on any atom is 0.184 e. The standard InChI is InChI=1S/C13H16N4S/c14-13(18)17-16-7-11-5-10(6-15-11)12-4-8-1-2-9(12)3-8/h1-2,5-9,12,15H,3-4H2,(H3,14,17,18). The molecule has 2 aliphatic carbocycles. The lowest BCUT2D eigenvalue weighted by molar-refractivity contribution is 0.586. The molecule has 3 atom stereocenters. The van der Waals surface area contributed by atoms with Crippen LogP contribution in [0.15, 0.2) is 29.5 Å². The highest BCUT2D eigenvalue weighted by molar-refractivity contribution is 7.80. The largest absolute Gasteiger partial charge is 0.375 e. The molecule has 4 nitrogen and oxygen atoms in total. The van der Waals surface area contributed by atoms with Crippen molar-refractivity contribution in [3.8, 4) is 0 Å². The summed E-state index contributed by atoms with van der Waals surface area (Å²) >= 11 is 4.67. The van der Waals surface area contributed by atoms with E-state index in [0.717, 1.165) is 17.5 Å². The van der Waals surface area contributed by atoms with E-state index in [1.54, 1.807) is 6.21 Å². The van der Waals surface area contributed by atoms with E-state index in [4.69, 9.17) is 5.73 Å². The minimum Gasteiger partial charge on any atom is -0.375 e. The first-order valence-electron chi connectivity index (χ1n) is 6.17. The minimum absolute atomic E-state index is 0.177. The third-order valence-electron chi connectivity index (χ3n) is 3.81. The lowest BCUT2D eigenvalue weighted by Crippen LogP contribution is -2.24. The molecule has 3 rings (SSSR count). The summed E-state index contributed by atoms with van der Waals surface area (Å²) in [5, 5.41) is 4.12. The van der Waals surface area contributed by atoms with Crippen molar-refractivity contribution < 1.29 is 0 Å². The van der Waals surface area contributed by atoms with Gasteiger partial charge in [0.2, 0.25) is 0 Å². The molecular weight excluding hydrogens is 244 g/mol. The lowest BCUT2D eigenvalue weighted by atomic mass is 9.88. The Morgan fingerprint density at radius 1 is 1.50 bits per heavy atom. The topological polar surface area (TPSA) is 66.2 Å². The van der Waals surface area contributed by atoms with Gasteiger partial charge < -0.3 is 10.7 Å². The predicted octanol–water partition coefficient (Wildman–Crippen LogP) is 1.86. The number of allylic oxidation sites excluding steroid dienone is 2. The van der Waals surface area contributed by atoms with E-state index in [1.807, 2.05) is 0 Å². The Kier molecular flexibility index (Phi) is 2.91. The molecule has 1 aromatic heterocycles. The Labute approximate surface area is 111 Å². The molecule has 18 heavy (non-hydrogen) atoms. The second-order valence-electron chi connectivity index (χ2n) is 5.01. The molecule has 0 spiro atoms. The van der Waals surface area contributed by atoms with Crippen molar-refractivity contribution in [3.05, 3.63) is 35.7 Å². The molecule has 3 unspecified atom stereocenters. The van der Waals surface area contributed by atoms with Gasteiger partial charge in [0.25, 0.3) is 0 Å². The highest BCUT2D eigenvalue weighted by Gasteiger charge is 2.36. The highest BCUT2D eigenvalue weighted by Crippen LogP contribution is 2.48. The van der Waals surface area contributed by atoms with Crippen LogP contribution in [0.3, 0.4) is 0 Å². The molecule has 1 fully saturated rings. The molecular formula is C13H16N4S. The van der Waals surface area contributed by atoms with Gasteiger partial charge in [-0.1, -0.05) is 12.2 Å². The molecule has 0 radical (unpaired) electrons. The van der Waals surface area contributed by atoms with Crippen molar-refractivity contribution in [1.29, 1.82) is 0 Å². The second kappa shape index (κ2) is 4.57. The van der Waals surface area contributed by atoms with Crippen molar-refractivity contribution in [2.75, 3.05) is 0 Å². The van der Waals surface area contributed by atoms with Crippen LogP contribution >= 0.6 is 12.2 Å². The monoisotopic (exact) mass is 260 g/mol. The van der Waals surface area contributed by atoms with Crippen molar-refractivity contribution in [1.82, 2.24) is 10.4 Å². The number of nitrogens with zero attached hydrogens (tertiary/aromatic N) is 1. The Balaban J connectivity index is 1.68. The van der Waals surface area contributed by atoms with Gasteiger partial charge in [0, 0.05) is 6.20 Å². The molecule has 0 saturated heterocycles. The molecule has 2 aliphatic rings. The van der Waals surface area contributed by atoms with Gasteiger partial charge in [-0.3, -0.25) is 5.43 Å². The van der Waals surface area contributed by atoms with Crippen molar-refractivity contribution >= 4 is 23.5 Å². The zero-order chi connectivity index (χ0) is 12.5. The Morgan fingerprint density at radius 2 is 2.39 bits per heavy atom. The molecule has 94 valence electrons. The summed E-state index contributed by atoms with van der Waals surface area (Å²) in [5.41, 5.74) is 10.2. The van der Waals surface area contributed by atoms with Gasteiger partial charge in [0.1, 0.15) is 0 Å². The molecule has 1 heterocycles. The summed E-state index contributed by atoms with van der Waals surface area (Å²) in [7, 11) is 0. The fourth-order valence-electron chi connectivity index (χ4n) is 3.05. The summed E-state index contributed by atoms with van der Waals surface area (Å²) in [4.78, 5) is 3.22. The quantitative estimate of drug-likeness (QED) is 0.336. The molecule has 4 N–H and O–H groups in total. The van der Waals surface area contributed by atoms with Crippen LogP contribution in [0.5, 0.6) is 0 Å². The van der Waals surface area contributed by atoms with Gasteiger partial charge in [-0.25, -0.2) is 0 Å². The minimum atomic E-state index is 0.177. The average molecular weight is 260 g/mol. The number of nitrogens with one attached hydrogen (secondary N) is 2. The van der Waals surface area contributed by atoms with Crippen LogP contribution in [0, 0.1) is 11.8 Å². The van der Waals surface area contributed by atoms with E-state index >= 15 is 0 Å². The third kappa shape index (κ3) is 2.18. The summed E-state index contributed by atoms with van der Waals surface area (Å²) in [6.45, 7) is 0. The number of thiocarbonyl (C=S) groups is 1. The maximum atomic E-state index is 5.29. The Morgan fingerprint density at radius 3 is 3.06 bits per heavy atom. The van der Waals surface area contributed by atoms with E-state index < -0.39 is 0 Å². The van der Waals surface area contributed by atoms with Crippen LogP contribution < -0.4 is 11.2 Å². The molecule has 0 aromatic carbocycles. The zero-order valence-electron chi connectivity index (χ0n) is 9.97. The van der Waals surface area contributed by atoms with Gasteiger partial charge in [-0.15, -0.1) is 0 Å². The number of H-pyrrole nitrogens is 1. The smallest absolute Gasteiger partial charge is 0.184 e. The fraction of sp³-hybridized carbons (Fsp3) is 0.385. The molecule has 1 aromatic rings. The number of rotatable bonds is 3. The molecule has 5 heteroatoms. The van der Waals surface area contributed by atoms with Gasteiger partial charge in [0.05, 0.1) is 11.9 Å². The van der Waals surface area contributed by atoms with E-state index in [9.17, 15) is 0 Å². The van der Waals surface area contributed by atoms with Gasteiger partial charge >= 0.3 is 0 Å². The first-order chi connectivity index (χ1) is 8.72. The van der Waals surface area contributed by atoms with E-state index in [2.05, 4.69) is 52.1 Å². The number of hydrogen-bond acceptors (Lipinski definition) is 2. The average Bonchev–Trinajstić information content (AvgIpc) is 3.03. The summed E-state index contributed by atoms with van der Waals surface area (Å²) < 4.78 is 0. The predicted molar refractivity (Wildman–Crippen MR) is 76.4 cm³/mol. The van der Waals surface area contributed by atoms with Crippen LogP contribution in [-0.2, 0) is 0 Å². The molecule has 0 aliphatic heterocycles. The maximum absolute atomic E-state index is 5.29. The van der Waals surface area contributed by atoms with Crippen LogP contribution in [0.4, 0.5) is 0 Å². The second-order valence-corrected chi connectivity index (χ2v) is 5.45. The molecule has 2 bridgehead atoms. The highest BCUT2D eigenvalue weighted by atomic mass is 32.1. The van der Waals surface area contributed by atoms with Crippen LogP contribution in [0.25, 0.3) is 0 Å². The Hall–Kier alpha value is -1.62. The first-order valence-corrected chi connectivity index (χ1v) is 6.58. The SMILES string of the molecule is NC(=S)NN=Cc1cc(C2CC3C=CC2C3)c[nH]1. The summed E-state index contributed by atoms with van der Waals surface area (Å²) in [6.07, 6.45) is 11.1. The summed E-state index contributed by atoms with van der Waals surface area (Å²) in [6, 6.07) is 2.16. The number of hydrazone groups is 1. The number of aromatic nitrogens is 1. The van der Waals surface area contributed by atoms with Gasteiger partial charge in [0.15, 0.2) is 5.11 Å². The number of aromatic amines is 1.